The molecule has 2 aromatic carbocycles. The predicted octanol–water partition coefficient (Wildman–Crippen LogP) is 4.58. The second-order valence-corrected chi connectivity index (χ2v) is 6.98. The quantitative estimate of drug-likeness (QED) is 0.679. The summed E-state index contributed by atoms with van der Waals surface area (Å²) >= 11 is 0. The number of carbonyl (C=O) groups is 1. The van der Waals surface area contributed by atoms with Crippen LogP contribution in [0.25, 0.3) is 5.69 Å². The van der Waals surface area contributed by atoms with Gasteiger partial charge in [-0.25, -0.2) is 4.68 Å². The van der Waals surface area contributed by atoms with Crippen LogP contribution in [0.3, 0.4) is 0 Å². The zero-order valence-corrected chi connectivity index (χ0v) is 15.2. The summed E-state index contributed by atoms with van der Waals surface area (Å²) in [7, 11) is 1.86. The molecule has 1 aromatic heterocycles. The molecule has 0 aliphatic heterocycles. The molecule has 4 heteroatoms. The van der Waals surface area contributed by atoms with Gasteiger partial charge in [-0.05, 0) is 43.5 Å². The molecule has 1 fully saturated rings. The first-order chi connectivity index (χ1) is 12.6. The third kappa shape index (κ3) is 3.15. The second kappa shape index (κ2) is 6.79. The van der Waals surface area contributed by atoms with E-state index in [1.165, 1.54) is 0 Å². The van der Waals surface area contributed by atoms with Crippen LogP contribution < -0.4 is 0 Å². The van der Waals surface area contributed by atoms with Crippen molar-refractivity contribution in [1.29, 1.82) is 0 Å². The minimum absolute atomic E-state index is 0.00722. The van der Waals surface area contributed by atoms with Gasteiger partial charge in [0.05, 0.1) is 17.4 Å². The lowest BCUT2D eigenvalue weighted by Gasteiger charge is -2.25. The van der Waals surface area contributed by atoms with Gasteiger partial charge in [-0.2, -0.15) is 5.10 Å². The van der Waals surface area contributed by atoms with Crippen LogP contribution in [-0.2, 0) is 0 Å². The molecule has 1 atom stereocenters. The Hall–Kier alpha value is -2.88. The van der Waals surface area contributed by atoms with Gasteiger partial charge in [-0.3, -0.25) is 4.79 Å². The van der Waals surface area contributed by atoms with Crippen molar-refractivity contribution in [3.63, 3.8) is 0 Å². The van der Waals surface area contributed by atoms with Crippen LogP contribution in [0.2, 0.25) is 0 Å². The highest BCUT2D eigenvalue weighted by Crippen LogP contribution is 2.40. The van der Waals surface area contributed by atoms with Gasteiger partial charge in [0.1, 0.15) is 5.69 Å². The Morgan fingerprint density at radius 1 is 1.08 bits per heavy atom. The largest absolute Gasteiger partial charge is 0.334 e. The molecule has 132 valence electrons. The van der Waals surface area contributed by atoms with Crippen LogP contribution >= 0.6 is 0 Å². The first-order valence-corrected chi connectivity index (χ1v) is 9.12. The van der Waals surface area contributed by atoms with E-state index in [0.717, 1.165) is 29.8 Å². The molecule has 1 aliphatic carbocycles. The monoisotopic (exact) mass is 345 g/mol. The zero-order valence-electron chi connectivity index (χ0n) is 15.2. The summed E-state index contributed by atoms with van der Waals surface area (Å²) in [5, 5.41) is 4.75. The van der Waals surface area contributed by atoms with Crippen LogP contribution in [0.15, 0.2) is 66.7 Å². The molecule has 0 radical (unpaired) electrons. The number of benzene rings is 2. The Bertz CT molecular complexity index is 898. The van der Waals surface area contributed by atoms with Crippen molar-refractivity contribution >= 4 is 5.91 Å². The molecule has 4 rings (SSSR count). The van der Waals surface area contributed by atoms with Crippen molar-refractivity contribution < 1.29 is 4.79 Å². The van der Waals surface area contributed by atoms with Gasteiger partial charge in [-0.15, -0.1) is 0 Å². The minimum Gasteiger partial charge on any atom is -0.334 e. The average Bonchev–Trinajstić information content (AvgIpc) is 3.46. The van der Waals surface area contributed by atoms with E-state index in [4.69, 9.17) is 5.10 Å². The smallest absolute Gasteiger partial charge is 0.272 e. The molecule has 1 aliphatic rings. The fraction of sp³-hybridized carbons (Fsp3) is 0.273. The minimum atomic E-state index is -0.00962. The van der Waals surface area contributed by atoms with Gasteiger partial charge in [0, 0.05) is 13.0 Å². The van der Waals surface area contributed by atoms with E-state index < -0.39 is 0 Å². The Kier molecular flexibility index (Phi) is 4.33. The van der Waals surface area contributed by atoms with Crippen molar-refractivity contribution in [3.05, 3.63) is 83.7 Å². The topological polar surface area (TPSA) is 38.1 Å². The maximum absolute atomic E-state index is 13.3. The normalized spacial score (nSPS) is 14.8. The Balaban J connectivity index is 1.69. The van der Waals surface area contributed by atoms with Crippen molar-refractivity contribution in [3.8, 4) is 5.69 Å². The lowest BCUT2D eigenvalue weighted by molar-refractivity contribution is 0.0733. The van der Waals surface area contributed by atoms with Crippen LogP contribution in [0.4, 0.5) is 0 Å². The number of amides is 1. The summed E-state index contributed by atoms with van der Waals surface area (Å²) < 4.78 is 1.80. The molecular formula is C22H23N3O. The van der Waals surface area contributed by atoms with Crippen LogP contribution in [0, 0.1) is 0 Å². The molecule has 0 spiro atoms. The first kappa shape index (κ1) is 16.6. The summed E-state index contributed by atoms with van der Waals surface area (Å²) in [4.78, 5) is 15.1. The standard InChI is InChI=1S/C22H23N3O/c1-16(17-9-5-3-6-10-17)24(2)22(26)21-15-20(18-13-14-18)23-25(21)19-11-7-4-8-12-19/h3-12,15-16,18H,13-14H2,1-2H3/t16-/m0/s1. The van der Waals surface area contributed by atoms with Crippen LogP contribution in [0.5, 0.6) is 0 Å². The van der Waals surface area contributed by atoms with Crippen LogP contribution in [-0.4, -0.2) is 27.6 Å². The van der Waals surface area contributed by atoms with Crippen molar-refractivity contribution in [2.24, 2.45) is 0 Å². The first-order valence-electron chi connectivity index (χ1n) is 9.12. The third-order valence-electron chi connectivity index (χ3n) is 5.13. The number of para-hydroxylation sites is 1. The third-order valence-corrected chi connectivity index (χ3v) is 5.13. The van der Waals surface area contributed by atoms with Gasteiger partial charge in [0.2, 0.25) is 0 Å². The van der Waals surface area contributed by atoms with Gasteiger partial charge in [-0.1, -0.05) is 48.5 Å². The summed E-state index contributed by atoms with van der Waals surface area (Å²) in [5.74, 6) is 0.493. The van der Waals surface area contributed by atoms with E-state index in [2.05, 4.69) is 19.1 Å². The fourth-order valence-electron chi connectivity index (χ4n) is 3.21. The Labute approximate surface area is 154 Å². The molecule has 26 heavy (non-hydrogen) atoms. The van der Waals surface area contributed by atoms with Gasteiger partial charge >= 0.3 is 0 Å². The molecular weight excluding hydrogens is 322 g/mol. The van der Waals surface area contributed by atoms with E-state index in [-0.39, 0.29) is 11.9 Å². The highest BCUT2D eigenvalue weighted by atomic mass is 16.2. The maximum Gasteiger partial charge on any atom is 0.272 e. The summed E-state index contributed by atoms with van der Waals surface area (Å²) in [6, 6.07) is 22.0. The highest BCUT2D eigenvalue weighted by Gasteiger charge is 2.30. The summed E-state index contributed by atoms with van der Waals surface area (Å²) in [5.41, 5.74) is 3.70. The number of hydrogen-bond donors (Lipinski definition) is 0. The van der Waals surface area contributed by atoms with Gasteiger partial charge < -0.3 is 4.90 Å². The molecule has 0 unspecified atom stereocenters. The number of hydrogen-bond acceptors (Lipinski definition) is 2. The van der Waals surface area contributed by atoms with E-state index >= 15 is 0 Å². The number of carbonyl (C=O) groups excluding carboxylic acids is 1. The molecule has 3 aromatic rings. The van der Waals surface area contributed by atoms with Crippen LogP contribution in [0.1, 0.15) is 53.5 Å². The van der Waals surface area contributed by atoms with E-state index in [9.17, 15) is 4.79 Å². The molecule has 1 amide bonds. The van der Waals surface area contributed by atoms with E-state index in [0.29, 0.717) is 11.6 Å². The van der Waals surface area contributed by atoms with E-state index in [1.54, 1.807) is 9.58 Å². The molecule has 0 N–H and O–H groups in total. The molecule has 0 bridgehead atoms. The molecule has 1 saturated carbocycles. The molecule has 1 heterocycles. The Morgan fingerprint density at radius 3 is 2.31 bits per heavy atom. The van der Waals surface area contributed by atoms with Gasteiger partial charge in [0.25, 0.3) is 5.91 Å². The SMILES string of the molecule is C[C@@H](c1ccccc1)N(C)C(=O)c1cc(C2CC2)nn1-c1ccccc1. The van der Waals surface area contributed by atoms with E-state index in [1.807, 2.05) is 61.6 Å². The van der Waals surface area contributed by atoms with Gasteiger partial charge in [0.15, 0.2) is 0 Å². The number of nitrogens with zero attached hydrogens (tertiary/aromatic N) is 3. The summed E-state index contributed by atoms with van der Waals surface area (Å²) in [6.07, 6.45) is 2.32. The fourth-order valence-corrected chi connectivity index (χ4v) is 3.21. The number of aromatic nitrogens is 2. The lowest BCUT2D eigenvalue weighted by Crippen LogP contribution is -2.31. The maximum atomic E-state index is 13.3. The average molecular weight is 345 g/mol. The van der Waals surface area contributed by atoms with Crippen molar-refractivity contribution in [2.45, 2.75) is 31.7 Å². The lowest BCUT2D eigenvalue weighted by atomic mass is 10.1. The molecule has 0 saturated heterocycles. The summed E-state index contributed by atoms with van der Waals surface area (Å²) in [6.45, 7) is 2.05. The zero-order chi connectivity index (χ0) is 18.1. The van der Waals surface area contributed by atoms with Crippen molar-refractivity contribution in [2.75, 3.05) is 7.05 Å². The second-order valence-electron chi connectivity index (χ2n) is 6.98. The molecule has 4 nitrogen and oxygen atoms in total. The highest BCUT2D eigenvalue weighted by molar-refractivity contribution is 5.93. The number of rotatable bonds is 5. The Morgan fingerprint density at radius 2 is 1.69 bits per heavy atom. The van der Waals surface area contributed by atoms with Crippen molar-refractivity contribution in [1.82, 2.24) is 14.7 Å². The predicted molar refractivity (Wildman–Crippen MR) is 102 cm³/mol.